The van der Waals surface area contributed by atoms with E-state index >= 15 is 0 Å². The number of ether oxygens (including phenoxy) is 2. The fourth-order valence-electron chi connectivity index (χ4n) is 2.31. The predicted molar refractivity (Wildman–Crippen MR) is 77.0 cm³/mol. The van der Waals surface area contributed by atoms with Crippen molar-refractivity contribution in [3.05, 3.63) is 23.8 Å². The summed E-state index contributed by atoms with van der Waals surface area (Å²) >= 11 is 0. The first-order chi connectivity index (χ1) is 9.60. The van der Waals surface area contributed by atoms with E-state index in [2.05, 4.69) is 0 Å². The minimum Gasteiger partial charge on any atom is -0.493 e. The van der Waals surface area contributed by atoms with Gasteiger partial charge in [-0.1, -0.05) is 6.07 Å². The molecule has 0 spiro atoms. The van der Waals surface area contributed by atoms with Crippen LogP contribution in [0.3, 0.4) is 0 Å². The molecule has 5 heteroatoms. The van der Waals surface area contributed by atoms with E-state index in [1.807, 2.05) is 25.1 Å². The molecule has 1 fully saturated rings. The number of aryl methyl sites for hydroxylation is 1. The summed E-state index contributed by atoms with van der Waals surface area (Å²) in [7, 11) is 1.61. The van der Waals surface area contributed by atoms with Gasteiger partial charge in [-0.25, -0.2) is 0 Å². The van der Waals surface area contributed by atoms with Crippen molar-refractivity contribution in [2.75, 3.05) is 26.8 Å². The van der Waals surface area contributed by atoms with Crippen molar-refractivity contribution in [1.29, 1.82) is 0 Å². The predicted octanol–water partition coefficient (Wildman–Crippen LogP) is 1.33. The van der Waals surface area contributed by atoms with E-state index < -0.39 is 0 Å². The fourth-order valence-corrected chi connectivity index (χ4v) is 2.31. The number of likely N-dealkylation sites (tertiary alicyclic amines) is 1. The van der Waals surface area contributed by atoms with Gasteiger partial charge in [0.15, 0.2) is 11.5 Å². The number of benzene rings is 1. The number of carbonyl (C=O) groups is 1. The Labute approximate surface area is 119 Å². The van der Waals surface area contributed by atoms with Crippen molar-refractivity contribution in [2.24, 2.45) is 5.73 Å². The summed E-state index contributed by atoms with van der Waals surface area (Å²) < 4.78 is 10.9. The number of hydrogen-bond acceptors (Lipinski definition) is 4. The number of nitrogens with two attached hydrogens (primary N) is 1. The average molecular weight is 278 g/mol. The van der Waals surface area contributed by atoms with Gasteiger partial charge in [-0.05, 0) is 31.0 Å². The molecule has 2 rings (SSSR count). The Morgan fingerprint density at radius 3 is 2.90 bits per heavy atom. The summed E-state index contributed by atoms with van der Waals surface area (Å²) in [5.41, 5.74) is 6.90. The minimum atomic E-state index is 0.101. The van der Waals surface area contributed by atoms with Gasteiger partial charge in [-0.15, -0.1) is 0 Å². The molecule has 0 bridgehead atoms. The van der Waals surface area contributed by atoms with Crippen molar-refractivity contribution in [2.45, 2.75) is 25.8 Å². The molecule has 110 valence electrons. The maximum Gasteiger partial charge on any atom is 0.226 e. The van der Waals surface area contributed by atoms with Crippen molar-refractivity contribution in [3.63, 3.8) is 0 Å². The standard InChI is InChI=1S/C15H22N2O3/c1-11-3-4-13(14(9-11)19-2)20-8-6-15(18)17-7-5-12(16)10-17/h3-4,9,12H,5-8,10,16H2,1-2H3/t12-/m0/s1. The lowest BCUT2D eigenvalue weighted by atomic mass is 10.2. The molecule has 1 aromatic rings. The molecular formula is C15H22N2O3. The molecule has 0 unspecified atom stereocenters. The molecule has 1 aliphatic rings. The SMILES string of the molecule is COc1cc(C)ccc1OCCC(=O)N1CC[C@H](N)C1. The van der Waals surface area contributed by atoms with Crippen LogP contribution < -0.4 is 15.2 Å². The molecule has 1 aromatic carbocycles. The molecule has 1 heterocycles. The average Bonchev–Trinajstić information content (AvgIpc) is 2.87. The Kier molecular flexibility index (Phi) is 4.84. The van der Waals surface area contributed by atoms with Crippen LogP contribution in [0.25, 0.3) is 0 Å². The van der Waals surface area contributed by atoms with E-state index in [1.165, 1.54) is 0 Å². The minimum absolute atomic E-state index is 0.101. The summed E-state index contributed by atoms with van der Waals surface area (Å²) in [6.45, 7) is 3.76. The van der Waals surface area contributed by atoms with Crippen LogP contribution in [0.15, 0.2) is 18.2 Å². The van der Waals surface area contributed by atoms with Gasteiger partial charge in [0, 0.05) is 19.1 Å². The van der Waals surface area contributed by atoms with Gasteiger partial charge in [0.2, 0.25) is 5.91 Å². The lowest BCUT2D eigenvalue weighted by Crippen LogP contribution is -2.32. The van der Waals surface area contributed by atoms with Crippen LogP contribution in [0.1, 0.15) is 18.4 Å². The van der Waals surface area contributed by atoms with Crippen LogP contribution in [0.4, 0.5) is 0 Å². The third kappa shape index (κ3) is 3.63. The van der Waals surface area contributed by atoms with E-state index in [9.17, 15) is 4.79 Å². The number of nitrogens with zero attached hydrogens (tertiary/aromatic N) is 1. The number of hydrogen-bond donors (Lipinski definition) is 1. The quantitative estimate of drug-likeness (QED) is 0.882. The second-order valence-electron chi connectivity index (χ2n) is 5.14. The molecule has 1 amide bonds. The van der Waals surface area contributed by atoms with Gasteiger partial charge in [0.25, 0.3) is 0 Å². The Bertz CT molecular complexity index is 476. The zero-order valence-electron chi connectivity index (χ0n) is 12.1. The van der Waals surface area contributed by atoms with Crippen LogP contribution in [0.5, 0.6) is 11.5 Å². The molecule has 0 aromatic heterocycles. The Morgan fingerprint density at radius 1 is 1.45 bits per heavy atom. The van der Waals surface area contributed by atoms with E-state index in [-0.39, 0.29) is 11.9 Å². The van der Waals surface area contributed by atoms with Crippen LogP contribution in [0, 0.1) is 6.92 Å². The first-order valence-electron chi connectivity index (χ1n) is 6.91. The normalized spacial score (nSPS) is 18.1. The van der Waals surface area contributed by atoms with Gasteiger partial charge in [-0.2, -0.15) is 0 Å². The Balaban J connectivity index is 1.82. The highest BCUT2D eigenvalue weighted by molar-refractivity contribution is 5.76. The van der Waals surface area contributed by atoms with E-state index in [0.29, 0.717) is 31.1 Å². The number of methoxy groups -OCH3 is 1. The van der Waals surface area contributed by atoms with Gasteiger partial charge in [0.05, 0.1) is 20.1 Å². The van der Waals surface area contributed by atoms with Crippen molar-refractivity contribution in [1.82, 2.24) is 4.90 Å². The molecule has 1 atom stereocenters. The molecule has 1 saturated heterocycles. The number of carbonyl (C=O) groups excluding carboxylic acids is 1. The fraction of sp³-hybridized carbons (Fsp3) is 0.533. The third-order valence-electron chi connectivity index (χ3n) is 3.47. The maximum absolute atomic E-state index is 11.9. The topological polar surface area (TPSA) is 64.8 Å². The second-order valence-corrected chi connectivity index (χ2v) is 5.14. The van der Waals surface area contributed by atoms with Gasteiger partial charge in [-0.3, -0.25) is 4.79 Å². The first kappa shape index (κ1) is 14.7. The monoisotopic (exact) mass is 278 g/mol. The lowest BCUT2D eigenvalue weighted by molar-refractivity contribution is -0.130. The molecule has 2 N–H and O–H groups in total. The summed E-state index contributed by atoms with van der Waals surface area (Å²) in [5.74, 6) is 1.47. The zero-order chi connectivity index (χ0) is 14.5. The lowest BCUT2D eigenvalue weighted by Gasteiger charge is -2.16. The van der Waals surface area contributed by atoms with Gasteiger partial charge in [0.1, 0.15) is 0 Å². The van der Waals surface area contributed by atoms with E-state index in [4.69, 9.17) is 15.2 Å². The highest BCUT2D eigenvalue weighted by atomic mass is 16.5. The second kappa shape index (κ2) is 6.61. The Hall–Kier alpha value is -1.75. The molecule has 20 heavy (non-hydrogen) atoms. The highest BCUT2D eigenvalue weighted by Gasteiger charge is 2.23. The third-order valence-corrected chi connectivity index (χ3v) is 3.47. The zero-order valence-corrected chi connectivity index (χ0v) is 12.1. The van der Waals surface area contributed by atoms with Crippen LogP contribution >= 0.6 is 0 Å². The number of amides is 1. The maximum atomic E-state index is 11.9. The first-order valence-corrected chi connectivity index (χ1v) is 6.91. The number of rotatable bonds is 5. The van der Waals surface area contributed by atoms with Crippen LogP contribution in [-0.2, 0) is 4.79 Å². The molecule has 5 nitrogen and oxygen atoms in total. The molecular weight excluding hydrogens is 256 g/mol. The van der Waals surface area contributed by atoms with Crippen LogP contribution in [0.2, 0.25) is 0 Å². The van der Waals surface area contributed by atoms with E-state index in [0.717, 1.165) is 18.5 Å². The molecule has 1 aliphatic heterocycles. The highest BCUT2D eigenvalue weighted by Crippen LogP contribution is 2.27. The van der Waals surface area contributed by atoms with Crippen molar-refractivity contribution >= 4 is 5.91 Å². The molecule has 0 saturated carbocycles. The largest absolute Gasteiger partial charge is 0.493 e. The summed E-state index contributed by atoms with van der Waals surface area (Å²) in [6.07, 6.45) is 1.25. The Morgan fingerprint density at radius 2 is 2.25 bits per heavy atom. The van der Waals surface area contributed by atoms with Gasteiger partial charge >= 0.3 is 0 Å². The molecule has 0 aliphatic carbocycles. The van der Waals surface area contributed by atoms with Gasteiger partial charge < -0.3 is 20.1 Å². The molecule has 0 radical (unpaired) electrons. The summed E-state index contributed by atoms with van der Waals surface area (Å²) in [6, 6.07) is 5.86. The van der Waals surface area contributed by atoms with E-state index in [1.54, 1.807) is 12.0 Å². The smallest absolute Gasteiger partial charge is 0.226 e. The van der Waals surface area contributed by atoms with Crippen molar-refractivity contribution in [3.8, 4) is 11.5 Å². The van der Waals surface area contributed by atoms with Crippen molar-refractivity contribution < 1.29 is 14.3 Å². The van der Waals surface area contributed by atoms with Crippen LogP contribution in [-0.4, -0.2) is 43.7 Å². The summed E-state index contributed by atoms with van der Waals surface area (Å²) in [5, 5.41) is 0. The summed E-state index contributed by atoms with van der Waals surface area (Å²) in [4.78, 5) is 13.8.